The fourth-order valence-corrected chi connectivity index (χ4v) is 1.38. The van der Waals surface area contributed by atoms with Crippen LogP contribution in [0.2, 0.25) is 0 Å². The average molecular weight is 276 g/mol. The molecular weight excluding hydrogens is 261 g/mol. The monoisotopic (exact) mass is 275 g/mol. The summed E-state index contributed by atoms with van der Waals surface area (Å²) in [6.45, 7) is 4.56. The maximum Gasteiger partial charge on any atom is 0.141 e. The minimum atomic E-state index is -0.292. The van der Waals surface area contributed by atoms with Crippen molar-refractivity contribution < 1.29 is 9.13 Å². The van der Waals surface area contributed by atoms with E-state index in [0.29, 0.717) is 16.8 Å². The van der Waals surface area contributed by atoms with E-state index in [1.807, 2.05) is 0 Å². The molecule has 0 aliphatic carbocycles. The number of hydrogen-bond donors (Lipinski definition) is 1. The van der Waals surface area contributed by atoms with Gasteiger partial charge in [-0.15, -0.1) is 0 Å². The molecule has 1 aromatic rings. The molecule has 4 heteroatoms. The molecule has 1 N–H and O–H groups in total. The molecule has 0 heterocycles. The second kappa shape index (κ2) is 6.80. The van der Waals surface area contributed by atoms with Crippen LogP contribution in [0.5, 0.6) is 5.75 Å². The van der Waals surface area contributed by atoms with Gasteiger partial charge >= 0.3 is 0 Å². The summed E-state index contributed by atoms with van der Waals surface area (Å²) in [5, 5.41) is 3.19. The molecule has 0 radical (unpaired) electrons. The van der Waals surface area contributed by atoms with Crippen LogP contribution in [0.1, 0.15) is 13.3 Å². The van der Waals surface area contributed by atoms with E-state index in [2.05, 4.69) is 28.2 Å². The highest BCUT2D eigenvalue weighted by Crippen LogP contribution is 2.20. The summed E-state index contributed by atoms with van der Waals surface area (Å²) in [6.07, 6.45) is 0.922. The summed E-state index contributed by atoms with van der Waals surface area (Å²) in [5.74, 6) is 0.284. The summed E-state index contributed by atoms with van der Waals surface area (Å²) in [5.41, 5.74) is 0. The van der Waals surface area contributed by atoms with Crippen LogP contribution in [0.25, 0.3) is 0 Å². The van der Waals surface area contributed by atoms with Crippen LogP contribution in [-0.4, -0.2) is 19.7 Å². The molecule has 0 saturated heterocycles. The van der Waals surface area contributed by atoms with E-state index < -0.39 is 0 Å². The van der Waals surface area contributed by atoms with Gasteiger partial charge in [0.2, 0.25) is 0 Å². The van der Waals surface area contributed by atoms with Crippen LogP contribution < -0.4 is 10.1 Å². The van der Waals surface area contributed by atoms with E-state index in [-0.39, 0.29) is 5.82 Å². The quantitative estimate of drug-likeness (QED) is 0.806. The zero-order valence-electron chi connectivity index (χ0n) is 8.72. The Morgan fingerprint density at radius 3 is 2.93 bits per heavy atom. The average Bonchev–Trinajstić information content (AvgIpc) is 2.23. The number of halogens is 2. The van der Waals surface area contributed by atoms with Crippen molar-refractivity contribution >= 4 is 15.9 Å². The van der Waals surface area contributed by atoms with Crippen molar-refractivity contribution in [3.8, 4) is 5.75 Å². The Labute approximate surface area is 98.0 Å². The van der Waals surface area contributed by atoms with Crippen molar-refractivity contribution in [1.29, 1.82) is 0 Å². The molecule has 2 nitrogen and oxygen atoms in total. The molecule has 0 saturated carbocycles. The van der Waals surface area contributed by atoms with Gasteiger partial charge in [0.05, 0.1) is 11.1 Å². The molecule has 0 aliphatic heterocycles. The minimum Gasteiger partial charge on any atom is -0.493 e. The lowest BCUT2D eigenvalue weighted by atomic mass is 10.3. The van der Waals surface area contributed by atoms with Crippen molar-refractivity contribution in [1.82, 2.24) is 5.32 Å². The van der Waals surface area contributed by atoms with Crippen molar-refractivity contribution in [2.24, 2.45) is 0 Å². The summed E-state index contributed by atoms with van der Waals surface area (Å²) in [4.78, 5) is 0. The van der Waals surface area contributed by atoms with Crippen molar-refractivity contribution in [2.75, 3.05) is 19.7 Å². The Kier molecular flexibility index (Phi) is 5.65. The van der Waals surface area contributed by atoms with Gasteiger partial charge in [-0.25, -0.2) is 4.39 Å². The SMILES string of the molecule is CCNCCCOc1ccc(Br)c(F)c1. The Morgan fingerprint density at radius 2 is 2.27 bits per heavy atom. The number of nitrogens with one attached hydrogen (secondary N) is 1. The zero-order chi connectivity index (χ0) is 11.1. The Balaban J connectivity index is 2.28. The summed E-state index contributed by atoms with van der Waals surface area (Å²) < 4.78 is 18.9. The molecule has 15 heavy (non-hydrogen) atoms. The molecule has 0 aliphatic rings. The molecule has 0 spiro atoms. The number of rotatable bonds is 6. The van der Waals surface area contributed by atoms with E-state index in [0.717, 1.165) is 19.5 Å². The fraction of sp³-hybridized carbons (Fsp3) is 0.455. The summed E-state index contributed by atoms with van der Waals surface area (Å²) >= 11 is 3.09. The minimum absolute atomic E-state index is 0.292. The highest BCUT2D eigenvalue weighted by atomic mass is 79.9. The molecule has 84 valence electrons. The predicted molar refractivity (Wildman–Crippen MR) is 62.8 cm³/mol. The van der Waals surface area contributed by atoms with Gasteiger partial charge in [0.15, 0.2) is 0 Å². The first kappa shape index (κ1) is 12.5. The van der Waals surface area contributed by atoms with Crippen LogP contribution in [0, 0.1) is 5.82 Å². The van der Waals surface area contributed by atoms with Gasteiger partial charge < -0.3 is 10.1 Å². The lowest BCUT2D eigenvalue weighted by Gasteiger charge is -2.06. The van der Waals surface area contributed by atoms with Crippen LogP contribution in [-0.2, 0) is 0 Å². The molecule has 0 unspecified atom stereocenters. The molecule has 0 aromatic heterocycles. The van der Waals surface area contributed by atoms with Gasteiger partial charge in [-0.3, -0.25) is 0 Å². The van der Waals surface area contributed by atoms with Gasteiger partial charge in [0.1, 0.15) is 11.6 Å². The largest absolute Gasteiger partial charge is 0.493 e. The molecule has 0 amide bonds. The fourth-order valence-electron chi connectivity index (χ4n) is 1.13. The number of benzene rings is 1. The Morgan fingerprint density at radius 1 is 1.47 bits per heavy atom. The van der Waals surface area contributed by atoms with Gasteiger partial charge in [-0.05, 0) is 47.6 Å². The van der Waals surface area contributed by atoms with Crippen LogP contribution >= 0.6 is 15.9 Å². The third-order valence-corrected chi connectivity index (χ3v) is 2.55. The van der Waals surface area contributed by atoms with E-state index in [1.54, 1.807) is 12.1 Å². The third-order valence-electron chi connectivity index (χ3n) is 1.91. The second-order valence-electron chi connectivity index (χ2n) is 3.13. The third kappa shape index (κ3) is 4.62. The Hall–Kier alpha value is -0.610. The lowest BCUT2D eigenvalue weighted by Crippen LogP contribution is -2.16. The molecular formula is C11H15BrFNO. The van der Waals surface area contributed by atoms with Crippen LogP contribution in [0.4, 0.5) is 4.39 Å². The second-order valence-corrected chi connectivity index (χ2v) is 3.99. The Bertz CT molecular complexity index is 307. The summed E-state index contributed by atoms with van der Waals surface area (Å²) in [6, 6.07) is 4.78. The number of hydrogen-bond acceptors (Lipinski definition) is 2. The smallest absolute Gasteiger partial charge is 0.141 e. The molecule has 0 bridgehead atoms. The normalized spacial score (nSPS) is 10.3. The van der Waals surface area contributed by atoms with Crippen molar-refractivity contribution in [2.45, 2.75) is 13.3 Å². The van der Waals surface area contributed by atoms with Gasteiger partial charge in [-0.1, -0.05) is 6.92 Å². The lowest BCUT2D eigenvalue weighted by molar-refractivity contribution is 0.307. The molecule has 1 rings (SSSR count). The van der Waals surface area contributed by atoms with Crippen molar-refractivity contribution in [3.63, 3.8) is 0 Å². The highest BCUT2D eigenvalue weighted by Gasteiger charge is 2.00. The van der Waals surface area contributed by atoms with E-state index in [4.69, 9.17) is 4.74 Å². The van der Waals surface area contributed by atoms with Crippen molar-refractivity contribution in [3.05, 3.63) is 28.5 Å². The van der Waals surface area contributed by atoms with E-state index in [9.17, 15) is 4.39 Å². The first-order valence-corrected chi connectivity index (χ1v) is 5.82. The standard InChI is InChI=1S/C11H15BrFNO/c1-2-14-6-3-7-15-9-4-5-10(12)11(13)8-9/h4-5,8,14H,2-3,6-7H2,1H3. The van der Waals surface area contributed by atoms with E-state index in [1.165, 1.54) is 6.07 Å². The highest BCUT2D eigenvalue weighted by molar-refractivity contribution is 9.10. The maximum atomic E-state index is 13.1. The molecule has 1 aromatic carbocycles. The number of ether oxygens (including phenoxy) is 1. The van der Waals surface area contributed by atoms with Gasteiger partial charge in [0, 0.05) is 6.07 Å². The summed E-state index contributed by atoms with van der Waals surface area (Å²) in [7, 11) is 0. The topological polar surface area (TPSA) is 21.3 Å². The molecule has 0 atom stereocenters. The first-order chi connectivity index (χ1) is 7.24. The predicted octanol–water partition coefficient (Wildman–Crippen LogP) is 2.97. The zero-order valence-corrected chi connectivity index (χ0v) is 10.3. The van der Waals surface area contributed by atoms with Gasteiger partial charge in [-0.2, -0.15) is 0 Å². The van der Waals surface area contributed by atoms with Crippen LogP contribution in [0.15, 0.2) is 22.7 Å². The van der Waals surface area contributed by atoms with E-state index >= 15 is 0 Å². The first-order valence-electron chi connectivity index (χ1n) is 5.02. The van der Waals surface area contributed by atoms with Gasteiger partial charge in [0.25, 0.3) is 0 Å². The maximum absolute atomic E-state index is 13.1. The van der Waals surface area contributed by atoms with Crippen LogP contribution in [0.3, 0.4) is 0 Å². The molecule has 0 fully saturated rings.